The summed E-state index contributed by atoms with van der Waals surface area (Å²) >= 11 is 0. The molecule has 0 bridgehead atoms. The van der Waals surface area contributed by atoms with E-state index in [-0.39, 0.29) is 62.9 Å². The Morgan fingerprint density at radius 1 is 0.627 bits per heavy atom. The van der Waals surface area contributed by atoms with E-state index >= 15 is 0 Å². The number of likely N-dealkylation sites (tertiary alicyclic amines) is 3. The fourth-order valence-corrected chi connectivity index (χ4v) is 9.51. The van der Waals surface area contributed by atoms with Crippen molar-refractivity contribution in [1.29, 1.82) is 0 Å². The molecule has 330 valence electrons. The van der Waals surface area contributed by atoms with Crippen LogP contribution in [0.25, 0.3) is 5.76 Å². The summed E-state index contributed by atoms with van der Waals surface area (Å²) in [6.45, 7) is 25.2. The molecule has 0 spiro atoms. The maximum atomic E-state index is 13.6. The maximum Gasteiger partial charge on any atom is 0.339 e. The van der Waals surface area contributed by atoms with E-state index in [2.05, 4.69) is 119 Å². The molecule has 1 atom stereocenters. The topological polar surface area (TPSA) is 127 Å². The zero-order chi connectivity index (χ0) is 44.4. The Labute approximate surface area is 353 Å². The highest BCUT2D eigenvalue weighted by Crippen LogP contribution is 2.42. The molecule has 4 rings (SSSR count). The molecule has 3 saturated heterocycles. The highest BCUT2D eigenvalue weighted by atomic mass is 16.6. The minimum atomic E-state index is -1.55. The molecule has 3 fully saturated rings. The van der Waals surface area contributed by atoms with Gasteiger partial charge in [0.25, 0.3) is 0 Å². The van der Waals surface area contributed by atoms with Crippen molar-refractivity contribution in [1.82, 2.24) is 14.7 Å². The van der Waals surface area contributed by atoms with Gasteiger partial charge in [-0.1, -0.05) is 30.3 Å². The number of ether oxygens (including phenoxy) is 5. The lowest BCUT2D eigenvalue weighted by Crippen LogP contribution is -2.60. The second kappa shape index (κ2) is 18.0. The number of esters is 2. The van der Waals surface area contributed by atoms with Crippen molar-refractivity contribution in [3.8, 4) is 0 Å². The summed E-state index contributed by atoms with van der Waals surface area (Å²) in [6, 6.07) is 8.88. The quantitative estimate of drug-likeness (QED) is 0.111. The standard InChI is InChI=1S/C47H73N3O9/c1-42(2)25-33(26-43(3,4)48(42)13)55-23-21-37(51)57-31-36(59-38(52)22-24-56-34-27-44(5,6)49(14)45(7,8)28-34)39(41(53)54)40(32-19-17-16-18-20-32)58-35-29-46(9,10)50(15)47(11,12)30-35/h16-24,33-36H,25-31H2,1-15H3,(H,53,54). The van der Waals surface area contributed by atoms with Gasteiger partial charge in [-0.2, -0.15) is 0 Å². The van der Waals surface area contributed by atoms with E-state index in [0.29, 0.717) is 18.4 Å². The number of carboxylic acid groups (broad SMARTS) is 1. The average molecular weight is 824 g/mol. The Morgan fingerprint density at radius 2 is 1.00 bits per heavy atom. The minimum Gasteiger partial charge on any atom is -0.498 e. The summed E-state index contributed by atoms with van der Waals surface area (Å²) in [5.41, 5.74) is -0.911. The number of carbonyl (C=O) groups excluding carboxylic acids is 2. The molecule has 3 heterocycles. The van der Waals surface area contributed by atoms with Crippen molar-refractivity contribution in [2.24, 2.45) is 0 Å². The molecule has 1 aromatic rings. The molecule has 12 heteroatoms. The number of nitrogens with zero attached hydrogens (tertiary/aromatic N) is 3. The highest BCUT2D eigenvalue weighted by molar-refractivity contribution is 5.97. The molecule has 0 saturated carbocycles. The molecular weight excluding hydrogens is 751 g/mol. The summed E-state index contributed by atoms with van der Waals surface area (Å²) in [7, 11) is 6.29. The molecule has 59 heavy (non-hydrogen) atoms. The zero-order valence-corrected chi connectivity index (χ0v) is 38.5. The third-order valence-corrected chi connectivity index (χ3v) is 13.5. The molecule has 0 radical (unpaired) electrons. The van der Waals surface area contributed by atoms with Crippen LogP contribution in [0.15, 0.2) is 60.6 Å². The number of rotatable bonds is 14. The van der Waals surface area contributed by atoms with Gasteiger partial charge in [-0.05, 0) is 104 Å². The number of carbonyl (C=O) groups is 3. The van der Waals surface area contributed by atoms with Gasteiger partial charge >= 0.3 is 17.9 Å². The van der Waals surface area contributed by atoms with Crippen molar-refractivity contribution in [3.63, 3.8) is 0 Å². The Morgan fingerprint density at radius 3 is 1.39 bits per heavy atom. The molecular formula is C47H73N3O9. The number of carboxylic acids is 1. The van der Waals surface area contributed by atoms with Gasteiger partial charge in [0.1, 0.15) is 36.3 Å². The Balaban J connectivity index is 1.64. The Hall–Kier alpha value is -3.87. The number of hydrogen-bond acceptors (Lipinski definition) is 11. The summed E-state index contributed by atoms with van der Waals surface area (Å²) < 4.78 is 30.3. The van der Waals surface area contributed by atoms with Crippen molar-refractivity contribution in [2.75, 3.05) is 27.7 Å². The Kier molecular flexibility index (Phi) is 14.6. The summed E-state index contributed by atoms with van der Waals surface area (Å²) in [4.78, 5) is 47.2. The molecule has 3 aliphatic heterocycles. The summed E-state index contributed by atoms with van der Waals surface area (Å²) in [6.07, 6.45) is 6.92. The number of hydrogen-bond donors (Lipinski definition) is 1. The van der Waals surface area contributed by atoms with E-state index < -0.39 is 30.6 Å². The van der Waals surface area contributed by atoms with Gasteiger partial charge in [0.2, 0.25) is 0 Å². The van der Waals surface area contributed by atoms with Crippen molar-refractivity contribution in [3.05, 3.63) is 66.1 Å². The fraction of sp³-hybridized carbons (Fsp3) is 0.681. The lowest BCUT2D eigenvalue weighted by Gasteiger charge is -2.53. The van der Waals surface area contributed by atoms with Gasteiger partial charge in [0.05, 0.1) is 24.7 Å². The second-order valence-corrected chi connectivity index (χ2v) is 20.6. The molecule has 1 N–H and O–H groups in total. The smallest absolute Gasteiger partial charge is 0.339 e. The first-order chi connectivity index (χ1) is 27.1. The van der Waals surface area contributed by atoms with Gasteiger partial charge in [0.15, 0.2) is 6.10 Å². The van der Waals surface area contributed by atoms with Crippen molar-refractivity contribution in [2.45, 2.75) is 179 Å². The monoisotopic (exact) mass is 824 g/mol. The normalized spacial score (nSPS) is 24.6. The minimum absolute atomic E-state index is 0.0375. The van der Waals surface area contributed by atoms with Crippen LogP contribution in [0.4, 0.5) is 0 Å². The summed E-state index contributed by atoms with van der Waals surface area (Å²) in [5, 5.41) is 10.9. The fourth-order valence-electron chi connectivity index (χ4n) is 9.51. The van der Waals surface area contributed by atoms with Crippen LogP contribution >= 0.6 is 0 Å². The number of piperidine rings is 3. The first-order valence-corrected chi connectivity index (χ1v) is 21.0. The van der Waals surface area contributed by atoms with E-state index in [1.54, 1.807) is 24.3 Å². The second-order valence-electron chi connectivity index (χ2n) is 20.6. The summed E-state index contributed by atoms with van der Waals surface area (Å²) in [5.74, 6) is -2.99. The van der Waals surface area contributed by atoms with Gasteiger partial charge in [-0.3, -0.25) is 14.7 Å². The van der Waals surface area contributed by atoms with Crippen LogP contribution in [0.2, 0.25) is 0 Å². The molecule has 1 aromatic carbocycles. The van der Waals surface area contributed by atoms with Crippen LogP contribution in [0.5, 0.6) is 0 Å². The molecule has 3 aliphatic rings. The van der Waals surface area contributed by atoms with Crippen molar-refractivity contribution < 1.29 is 43.2 Å². The molecule has 0 aliphatic carbocycles. The molecule has 0 aromatic heterocycles. The SMILES string of the molecule is CN1C(C)(C)CC(OC=CC(=O)OCC(OC(=O)C=COC2CC(C)(C)N(C)C(C)(C)C2)C(C(=O)O)=C(OC2CC(C)(C)N(C)C(C)(C)C2)c2ccccc2)CC1(C)C. The number of benzene rings is 1. The van der Waals surface area contributed by atoms with Gasteiger partial charge in [-0.15, -0.1) is 0 Å². The lowest BCUT2D eigenvalue weighted by molar-refractivity contribution is -0.152. The third kappa shape index (κ3) is 11.9. The predicted molar refractivity (Wildman–Crippen MR) is 230 cm³/mol. The average Bonchev–Trinajstić information content (AvgIpc) is 3.10. The van der Waals surface area contributed by atoms with Crippen LogP contribution < -0.4 is 0 Å². The zero-order valence-electron chi connectivity index (χ0n) is 38.5. The van der Waals surface area contributed by atoms with Crippen molar-refractivity contribution >= 4 is 23.7 Å². The predicted octanol–water partition coefficient (Wildman–Crippen LogP) is 7.97. The van der Waals surface area contributed by atoms with Crippen LogP contribution in [0.1, 0.15) is 127 Å². The van der Waals surface area contributed by atoms with E-state index in [9.17, 15) is 19.5 Å². The molecule has 1 unspecified atom stereocenters. The first-order valence-electron chi connectivity index (χ1n) is 21.0. The third-order valence-electron chi connectivity index (χ3n) is 13.5. The van der Waals surface area contributed by atoms with E-state index in [4.69, 9.17) is 23.7 Å². The maximum absolute atomic E-state index is 13.6. The van der Waals surface area contributed by atoms with Crippen LogP contribution in [-0.4, -0.2) is 123 Å². The Bertz CT molecular complexity index is 1690. The lowest BCUT2D eigenvalue weighted by atomic mass is 9.78. The van der Waals surface area contributed by atoms with E-state index in [1.807, 2.05) is 6.07 Å². The first kappa shape index (κ1) is 47.8. The van der Waals surface area contributed by atoms with Gasteiger partial charge in [0, 0.05) is 77.3 Å². The highest BCUT2D eigenvalue weighted by Gasteiger charge is 2.46. The van der Waals surface area contributed by atoms with E-state index in [0.717, 1.165) is 37.8 Å². The molecule has 12 nitrogen and oxygen atoms in total. The van der Waals surface area contributed by atoms with E-state index in [1.165, 1.54) is 12.5 Å². The largest absolute Gasteiger partial charge is 0.498 e. The van der Waals surface area contributed by atoms with Crippen LogP contribution in [0, 0.1) is 0 Å². The van der Waals surface area contributed by atoms with Gasteiger partial charge < -0.3 is 28.8 Å². The van der Waals surface area contributed by atoms with Gasteiger partial charge in [-0.25, -0.2) is 14.4 Å². The molecule has 0 amide bonds. The van der Waals surface area contributed by atoms with Crippen LogP contribution in [-0.2, 0) is 38.1 Å². The van der Waals surface area contributed by atoms with Crippen LogP contribution in [0.3, 0.4) is 0 Å². The number of aliphatic carboxylic acids is 1.